The highest BCUT2D eigenvalue weighted by molar-refractivity contribution is 5.93. The van der Waals surface area contributed by atoms with Crippen LogP contribution in [0.4, 0.5) is 5.69 Å². The van der Waals surface area contributed by atoms with E-state index in [1.54, 1.807) is 7.11 Å². The third-order valence-corrected chi connectivity index (χ3v) is 3.63. The van der Waals surface area contributed by atoms with Gasteiger partial charge in [-0.05, 0) is 49.6 Å². The predicted octanol–water partition coefficient (Wildman–Crippen LogP) is 2.19. The minimum absolute atomic E-state index is 0.0604. The highest BCUT2D eigenvalue weighted by atomic mass is 16.5. The van der Waals surface area contributed by atoms with Crippen molar-refractivity contribution in [2.45, 2.75) is 20.3 Å². The Morgan fingerprint density at radius 1 is 1.42 bits per heavy atom. The lowest BCUT2D eigenvalue weighted by Gasteiger charge is -2.27. The molecular formula is C15H22N2O2. The smallest absolute Gasteiger partial charge is 0.228 e. The van der Waals surface area contributed by atoms with E-state index in [0.717, 1.165) is 36.5 Å². The molecule has 1 aliphatic rings. The summed E-state index contributed by atoms with van der Waals surface area (Å²) in [5.41, 5.74) is 1.88. The summed E-state index contributed by atoms with van der Waals surface area (Å²) in [6.07, 6.45) is 0.952. The molecule has 1 heterocycles. The highest BCUT2D eigenvalue weighted by Gasteiger charge is 2.25. The van der Waals surface area contributed by atoms with Crippen LogP contribution < -0.4 is 15.4 Å². The zero-order chi connectivity index (χ0) is 13.8. The topological polar surface area (TPSA) is 50.4 Å². The van der Waals surface area contributed by atoms with E-state index in [0.29, 0.717) is 5.92 Å². The van der Waals surface area contributed by atoms with Gasteiger partial charge in [0, 0.05) is 12.2 Å². The minimum atomic E-state index is 0.0604. The van der Waals surface area contributed by atoms with Gasteiger partial charge in [0.1, 0.15) is 5.75 Å². The second kappa shape index (κ2) is 6.06. The van der Waals surface area contributed by atoms with Crippen LogP contribution in [0.3, 0.4) is 0 Å². The summed E-state index contributed by atoms with van der Waals surface area (Å²) in [6, 6.07) is 5.69. The van der Waals surface area contributed by atoms with E-state index in [-0.39, 0.29) is 11.8 Å². The summed E-state index contributed by atoms with van der Waals surface area (Å²) in [6.45, 7) is 5.92. The monoisotopic (exact) mass is 262 g/mol. The number of methoxy groups -OCH3 is 1. The first-order valence-corrected chi connectivity index (χ1v) is 6.76. The van der Waals surface area contributed by atoms with Crippen LogP contribution in [0.2, 0.25) is 0 Å². The minimum Gasteiger partial charge on any atom is -0.497 e. The maximum absolute atomic E-state index is 12.2. The Kier molecular flexibility index (Phi) is 4.43. The van der Waals surface area contributed by atoms with Gasteiger partial charge in [0.15, 0.2) is 0 Å². The van der Waals surface area contributed by atoms with Crippen molar-refractivity contribution in [1.29, 1.82) is 0 Å². The summed E-state index contributed by atoms with van der Waals surface area (Å²) in [7, 11) is 1.64. The molecule has 2 atom stereocenters. The van der Waals surface area contributed by atoms with Crippen molar-refractivity contribution in [3.05, 3.63) is 23.8 Å². The van der Waals surface area contributed by atoms with E-state index in [2.05, 4.69) is 17.6 Å². The number of rotatable bonds is 3. The van der Waals surface area contributed by atoms with E-state index in [4.69, 9.17) is 4.74 Å². The standard InChI is InChI=1S/C15H22N2O2/c1-10-6-12(9-16-8-10)15(18)17-14-5-4-13(19-3)7-11(14)2/h4-5,7,10,12,16H,6,8-9H2,1-3H3,(H,17,18). The number of piperidine rings is 1. The molecule has 2 rings (SSSR count). The quantitative estimate of drug-likeness (QED) is 0.878. The number of hydrogen-bond donors (Lipinski definition) is 2. The first-order chi connectivity index (χ1) is 9.10. The second-order valence-electron chi connectivity index (χ2n) is 5.37. The Bertz CT molecular complexity index is 459. The second-order valence-corrected chi connectivity index (χ2v) is 5.37. The van der Waals surface area contributed by atoms with E-state index in [1.807, 2.05) is 25.1 Å². The van der Waals surface area contributed by atoms with Gasteiger partial charge in [-0.25, -0.2) is 0 Å². The molecule has 0 bridgehead atoms. The average Bonchev–Trinajstić information content (AvgIpc) is 2.41. The van der Waals surface area contributed by atoms with Crippen LogP contribution in [0.1, 0.15) is 18.9 Å². The van der Waals surface area contributed by atoms with Crippen LogP contribution >= 0.6 is 0 Å². The lowest BCUT2D eigenvalue weighted by molar-refractivity contribution is -0.120. The van der Waals surface area contributed by atoms with Gasteiger partial charge in [-0.2, -0.15) is 0 Å². The van der Waals surface area contributed by atoms with Crippen LogP contribution in [0.15, 0.2) is 18.2 Å². The van der Waals surface area contributed by atoms with Gasteiger partial charge in [0.2, 0.25) is 5.91 Å². The first kappa shape index (κ1) is 13.9. The number of carbonyl (C=O) groups is 1. The molecule has 1 amide bonds. The number of carbonyl (C=O) groups excluding carboxylic acids is 1. The number of anilines is 1. The fourth-order valence-corrected chi connectivity index (χ4v) is 2.49. The third kappa shape index (κ3) is 3.47. The molecule has 2 unspecified atom stereocenters. The fourth-order valence-electron chi connectivity index (χ4n) is 2.49. The summed E-state index contributed by atoms with van der Waals surface area (Å²) in [5, 5.41) is 6.32. The van der Waals surface area contributed by atoms with Crippen molar-refractivity contribution in [3.63, 3.8) is 0 Å². The molecule has 2 N–H and O–H groups in total. The molecule has 4 heteroatoms. The summed E-state index contributed by atoms with van der Waals surface area (Å²) in [4.78, 5) is 12.2. The molecule has 19 heavy (non-hydrogen) atoms. The third-order valence-electron chi connectivity index (χ3n) is 3.63. The molecule has 0 aliphatic carbocycles. The molecule has 1 aromatic rings. The Morgan fingerprint density at radius 2 is 2.21 bits per heavy atom. The van der Waals surface area contributed by atoms with Crippen molar-refractivity contribution >= 4 is 11.6 Å². The van der Waals surface area contributed by atoms with Gasteiger partial charge in [-0.3, -0.25) is 4.79 Å². The van der Waals surface area contributed by atoms with E-state index in [1.165, 1.54) is 0 Å². The normalized spacial score (nSPS) is 22.9. The molecule has 1 aromatic carbocycles. The number of ether oxygens (including phenoxy) is 1. The Hall–Kier alpha value is -1.55. The van der Waals surface area contributed by atoms with E-state index >= 15 is 0 Å². The van der Waals surface area contributed by atoms with Crippen LogP contribution in [0.25, 0.3) is 0 Å². The number of benzene rings is 1. The largest absolute Gasteiger partial charge is 0.497 e. The maximum Gasteiger partial charge on any atom is 0.228 e. The van der Waals surface area contributed by atoms with Crippen LogP contribution in [-0.4, -0.2) is 26.1 Å². The van der Waals surface area contributed by atoms with Crippen LogP contribution in [-0.2, 0) is 4.79 Å². The summed E-state index contributed by atoms with van der Waals surface area (Å²) >= 11 is 0. The molecule has 0 radical (unpaired) electrons. The average molecular weight is 262 g/mol. The van der Waals surface area contributed by atoms with Crippen molar-refractivity contribution in [2.75, 3.05) is 25.5 Å². The lowest BCUT2D eigenvalue weighted by atomic mass is 9.91. The Labute approximate surface area is 114 Å². The van der Waals surface area contributed by atoms with Gasteiger partial charge < -0.3 is 15.4 Å². The van der Waals surface area contributed by atoms with Crippen molar-refractivity contribution in [2.24, 2.45) is 11.8 Å². The van der Waals surface area contributed by atoms with Gasteiger partial charge in [0.05, 0.1) is 13.0 Å². The fraction of sp³-hybridized carbons (Fsp3) is 0.533. The summed E-state index contributed by atoms with van der Waals surface area (Å²) in [5.74, 6) is 1.53. The lowest BCUT2D eigenvalue weighted by Crippen LogP contribution is -2.40. The molecule has 0 aromatic heterocycles. The molecule has 104 valence electrons. The van der Waals surface area contributed by atoms with E-state index < -0.39 is 0 Å². The molecular weight excluding hydrogens is 240 g/mol. The molecule has 1 aliphatic heterocycles. The zero-order valence-corrected chi connectivity index (χ0v) is 11.8. The first-order valence-electron chi connectivity index (χ1n) is 6.76. The number of hydrogen-bond acceptors (Lipinski definition) is 3. The number of nitrogens with one attached hydrogen (secondary N) is 2. The Balaban J connectivity index is 2.02. The molecule has 1 fully saturated rings. The highest BCUT2D eigenvalue weighted by Crippen LogP contribution is 2.23. The predicted molar refractivity (Wildman–Crippen MR) is 76.5 cm³/mol. The van der Waals surface area contributed by atoms with Gasteiger partial charge >= 0.3 is 0 Å². The van der Waals surface area contributed by atoms with Crippen molar-refractivity contribution in [1.82, 2.24) is 5.32 Å². The maximum atomic E-state index is 12.2. The number of aryl methyl sites for hydroxylation is 1. The summed E-state index contributed by atoms with van der Waals surface area (Å²) < 4.78 is 5.16. The van der Waals surface area contributed by atoms with E-state index in [9.17, 15) is 4.79 Å². The molecule has 0 saturated carbocycles. The van der Waals surface area contributed by atoms with Crippen LogP contribution in [0, 0.1) is 18.8 Å². The van der Waals surface area contributed by atoms with Gasteiger partial charge in [-0.15, -0.1) is 0 Å². The van der Waals surface area contributed by atoms with Crippen LogP contribution in [0.5, 0.6) is 5.75 Å². The Morgan fingerprint density at radius 3 is 2.84 bits per heavy atom. The molecule has 0 spiro atoms. The van der Waals surface area contributed by atoms with Gasteiger partial charge in [-0.1, -0.05) is 6.92 Å². The molecule has 4 nitrogen and oxygen atoms in total. The van der Waals surface area contributed by atoms with Crippen molar-refractivity contribution < 1.29 is 9.53 Å². The van der Waals surface area contributed by atoms with Crippen molar-refractivity contribution in [3.8, 4) is 5.75 Å². The van der Waals surface area contributed by atoms with Gasteiger partial charge in [0.25, 0.3) is 0 Å². The molecule has 1 saturated heterocycles. The number of amides is 1. The zero-order valence-electron chi connectivity index (χ0n) is 11.8. The SMILES string of the molecule is COc1ccc(NC(=O)C2CNCC(C)C2)c(C)c1.